The van der Waals surface area contributed by atoms with Crippen LogP contribution in [0.3, 0.4) is 0 Å². The van der Waals surface area contributed by atoms with Gasteiger partial charge in [0.1, 0.15) is 28.1 Å². The Morgan fingerprint density at radius 2 is 1.75 bits per heavy atom. The van der Waals surface area contributed by atoms with E-state index in [0.29, 0.717) is 26.2 Å². The van der Waals surface area contributed by atoms with Crippen LogP contribution in [0, 0.1) is 25.5 Å². The first-order valence-corrected chi connectivity index (χ1v) is 12.8. The van der Waals surface area contributed by atoms with E-state index in [1.54, 1.807) is 16.2 Å². The average molecular weight is 508 g/mol. The number of halogens is 2. The van der Waals surface area contributed by atoms with Crippen molar-refractivity contribution in [3.05, 3.63) is 82.0 Å². The van der Waals surface area contributed by atoms with E-state index in [9.17, 15) is 13.6 Å². The molecule has 36 heavy (non-hydrogen) atoms. The zero-order chi connectivity index (χ0) is 25.2. The lowest BCUT2D eigenvalue weighted by Gasteiger charge is -2.35. The predicted octanol–water partition coefficient (Wildman–Crippen LogP) is 5.73. The molecule has 0 atom stereocenters. The van der Waals surface area contributed by atoms with E-state index in [-0.39, 0.29) is 5.69 Å². The molecular weight excluding hydrogens is 480 g/mol. The number of carbonyl (C=O) groups is 1. The molecule has 1 aliphatic heterocycles. The summed E-state index contributed by atoms with van der Waals surface area (Å²) < 4.78 is 27.1. The number of anilines is 2. The largest absolute Gasteiger partial charge is 0.352 e. The quantitative estimate of drug-likeness (QED) is 0.375. The Balaban J connectivity index is 1.32. The van der Waals surface area contributed by atoms with E-state index in [4.69, 9.17) is 9.97 Å². The molecule has 1 aliphatic rings. The molecule has 1 fully saturated rings. The van der Waals surface area contributed by atoms with Crippen LogP contribution in [-0.2, 0) is 12.8 Å². The van der Waals surface area contributed by atoms with Crippen LogP contribution in [0.15, 0.2) is 48.5 Å². The second-order valence-corrected chi connectivity index (χ2v) is 10.1. The molecule has 5 rings (SSSR count). The number of aromatic nitrogens is 2. The van der Waals surface area contributed by atoms with Gasteiger partial charge in [0, 0.05) is 43.5 Å². The van der Waals surface area contributed by atoms with Gasteiger partial charge in [0.05, 0.1) is 11.1 Å². The molecule has 0 saturated carbocycles. The molecule has 0 unspecified atom stereocenters. The molecule has 2 amide bonds. The number of urea groups is 1. The Morgan fingerprint density at radius 1 is 1.00 bits per heavy atom. The van der Waals surface area contributed by atoms with Gasteiger partial charge in [0.2, 0.25) is 0 Å². The van der Waals surface area contributed by atoms with E-state index in [2.05, 4.69) is 36.2 Å². The second-order valence-electron chi connectivity index (χ2n) is 8.94. The molecule has 0 radical (unpaired) electrons. The highest BCUT2D eigenvalue weighted by molar-refractivity contribution is 7.18. The summed E-state index contributed by atoms with van der Waals surface area (Å²) in [5.74, 6) is 0.248. The van der Waals surface area contributed by atoms with Crippen molar-refractivity contribution in [3.63, 3.8) is 0 Å². The van der Waals surface area contributed by atoms with Gasteiger partial charge in [-0.25, -0.2) is 23.5 Å². The van der Waals surface area contributed by atoms with Gasteiger partial charge in [-0.1, -0.05) is 30.3 Å². The maximum atomic E-state index is 14.0. The van der Waals surface area contributed by atoms with Gasteiger partial charge in [0.15, 0.2) is 0 Å². The van der Waals surface area contributed by atoms with Gasteiger partial charge in [-0.05, 0) is 43.5 Å². The number of amides is 2. The van der Waals surface area contributed by atoms with E-state index in [1.807, 2.05) is 18.2 Å². The van der Waals surface area contributed by atoms with E-state index in [0.717, 1.165) is 46.8 Å². The third kappa shape index (κ3) is 5.02. The SMILES string of the molecule is Cc1sc2nc(CCc3ccccc3)nc(N3CCN(C(=O)Nc4ccc(F)cc4F)CC3)c2c1C. The van der Waals surface area contributed by atoms with Gasteiger partial charge in [0.25, 0.3) is 0 Å². The minimum absolute atomic E-state index is 0.0335. The zero-order valence-electron chi connectivity index (χ0n) is 20.2. The number of carbonyl (C=O) groups excluding carboxylic acids is 1. The third-order valence-electron chi connectivity index (χ3n) is 6.58. The fraction of sp³-hybridized carbons (Fsp3) is 0.296. The maximum Gasteiger partial charge on any atom is 0.322 e. The molecule has 2 aromatic carbocycles. The molecule has 186 valence electrons. The lowest BCUT2D eigenvalue weighted by atomic mass is 10.1. The molecule has 9 heteroatoms. The zero-order valence-corrected chi connectivity index (χ0v) is 21.0. The van der Waals surface area contributed by atoms with Crippen LogP contribution in [0.2, 0.25) is 0 Å². The van der Waals surface area contributed by atoms with Crippen LogP contribution in [0.4, 0.5) is 25.1 Å². The number of thiophene rings is 1. The highest BCUT2D eigenvalue weighted by Crippen LogP contribution is 2.35. The first kappa shape index (κ1) is 24.1. The van der Waals surface area contributed by atoms with E-state index < -0.39 is 17.7 Å². The smallest absolute Gasteiger partial charge is 0.322 e. The fourth-order valence-corrected chi connectivity index (χ4v) is 5.46. The molecule has 6 nitrogen and oxygen atoms in total. The number of nitrogens with zero attached hydrogens (tertiary/aromatic N) is 4. The summed E-state index contributed by atoms with van der Waals surface area (Å²) in [5.41, 5.74) is 2.40. The van der Waals surface area contributed by atoms with Gasteiger partial charge in [-0.2, -0.15) is 0 Å². The summed E-state index contributed by atoms with van der Waals surface area (Å²) >= 11 is 1.69. The van der Waals surface area contributed by atoms with Crippen molar-refractivity contribution in [1.29, 1.82) is 0 Å². The van der Waals surface area contributed by atoms with Crippen molar-refractivity contribution in [2.45, 2.75) is 26.7 Å². The Hall–Kier alpha value is -3.59. The number of hydrogen-bond acceptors (Lipinski definition) is 5. The van der Waals surface area contributed by atoms with Crippen LogP contribution in [-0.4, -0.2) is 47.1 Å². The Bertz CT molecular complexity index is 1400. The summed E-state index contributed by atoms with van der Waals surface area (Å²) in [6.07, 6.45) is 1.61. The topological polar surface area (TPSA) is 61.4 Å². The second kappa shape index (κ2) is 10.2. The minimum Gasteiger partial charge on any atom is -0.352 e. The van der Waals surface area contributed by atoms with Crippen molar-refractivity contribution in [2.75, 3.05) is 36.4 Å². The summed E-state index contributed by atoms with van der Waals surface area (Å²) in [6, 6.07) is 13.0. The van der Waals surface area contributed by atoms with Gasteiger partial charge in [-0.15, -0.1) is 11.3 Å². The lowest BCUT2D eigenvalue weighted by molar-refractivity contribution is 0.208. The van der Waals surface area contributed by atoms with Gasteiger partial charge >= 0.3 is 6.03 Å². The monoisotopic (exact) mass is 507 g/mol. The number of hydrogen-bond donors (Lipinski definition) is 1. The number of rotatable bonds is 5. The van der Waals surface area contributed by atoms with Crippen molar-refractivity contribution >= 4 is 39.1 Å². The summed E-state index contributed by atoms with van der Waals surface area (Å²) in [7, 11) is 0. The summed E-state index contributed by atoms with van der Waals surface area (Å²) in [4.78, 5) is 28.6. The number of nitrogens with one attached hydrogen (secondary N) is 1. The normalized spacial score (nSPS) is 13.9. The molecule has 1 N–H and O–H groups in total. The van der Waals surface area contributed by atoms with E-state index >= 15 is 0 Å². The first-order chi connectivity index (χ1) is 17.4. The fourth-order valence-electron chi connectivity index (χ4n) is 4.42. The van der Waals surface area contributed by atoms with Crippen molar-refractivity contribution < 1.29 is 13.6 Å². The maximum absolute atomic E-state index is 14.0. The highest BCUT2D eigenvalue weighted by Gasteiger charge is 2.26. The average Bonchev–Trinajstić information content (AvgIpc) is 3.17. The first-order valence-electron chi connectivity index (χ1n) is 12.0. The van der Waals surface area contributed by atoms with Crippen LogP contribution >= 0.6 is 11.3 Å². The van der Waals surface area contributed by atoms with Gasteiger partial charge in [-0.3, -0.25) is 0 Å². The van der Waals surface area contributed by atoms with E-state index in [1.165, 1.54) is 22.1 Å². The molecule has 3 heterocycles. The molecule has 0 spiro atoms. The van der Waals surface area contributed by atoms with Crippen molar-refractivity contribution in [3.8, 4) is 0 Å². The molecule has 2 aromatic heterocycles. The lowest BCUT2D eigenvalue weighted by Crippen LogP contribution is -2.50. The number of benzene rings is 2. The number of fused-ring (bicyclic) bond motifs is 1. The van der Waals surface area contributed by atoms with Crippen LogP contribution in [0.1, 0.15) is 21.8 Å². The molecule has 0 aliphatic carbocycles. The van der Waals surface area contributed by atoms with Gasteiger partial charge < -0.3 is 15.1 Å². The van der Waals surface area contributed by atoms with Crippen LogP contribution in [0.25, 0.3) is 10.2 Å². The van der Waals surface area contributed by atoms with Crippen LogP contribution < -0.4 is 10.2 Å². The number of piperazine rings is 1. The van der Waals surface area contributed by atoms with Crippen LogP contribution in [0.5, 0.6) is 0 Å². The van der Waals surface area contributed by atoms with Crippen molar-refractivity contribution in [2.24, 2.45) is 0 Å². The predicted molar refractivity (Wildman–Crippen MR) is 140 cm³/mol. The molecule has 4 aromatic rings. The molecule has 0 bridgehead atoms. The molecular formula is C27H27F2N5OS. The van der Waals surface area contributed by atoms with Crippen molar-refractivity contribution in [1.82, 2.24) is 14.9 Å². The Kier molecular flexibility index (Phi) is 6.82. The Labute approximate surface area is 212 Å². The standard InChI is InChI=1S/C27H27F2N5OS/c1-17-18(2)36-26-24(17)25(31-23(32-26)11-8-19-6-4-3-5-7-19)33-12-14-34(15-13-33)27(35)30-22-10-9-20(28)16-21(22)29/h3-7,9-10,16H,8,11-15H2,1-2H3,(H,30,35). The minimum atomic E-state index is -0.795. The highest BCUT2D eigenvalue weighted by atomic mass is 32.1. The third-order valence-corrected chi connectivity index (χ3v) is 7.68. The molecule has 1 saturated heterocycles. The Morgan fingerprint density at radius 3 is 2.47 bits per heavy atom. The number of aryl methyl sites for hydroxylation is 4. The summed E-state index contributed by atoms with van der Waals surface area (Å²) in [6.45, 7) is 6.32. The summed E-state index contributed by atoms with van der Waals surface area (Å²) in [5, 5.41) is 3.62.